The first kappa shape index (κ1) is 13.3. The van der Waals surface area contributed by atoms with Crippen LogP contribution in [0.5, 0.6) is 0 Å². The fourth-order valence-electron chi connectivity index (χ4n) is 3.14. The van der Waals surface area contributed by atoms with Gasteiger partial charge in [-0.1, -0.05) is 60.7 Å². The van der Waals surface area contributed by atoms with Gasteiger partial charge in [-0.2, -0.15) is 0 Å². The average Bonchev–Trinajstić information content (AvgIpc) is 2.92. The molecule has 0 bridgehead atoms. The summed E-state index contributed by atoms with van der Waals surface area (Å²) in [6, 6.07) is 21.6. The molecule has 2 atom stereocenters. The summed E-state index contributed by atoms with van der Waals surface area (Å²) >= 11 is 0. The minimum absolute atomic E-state index is 0.204. The molecule has 104 valence electrons. The molecule has 0 amide bonds. The summed E-state index contributed by atoms with van der Waals surface area (Å²) in [5, 5.41) is 0. The lowest BCUT2D eigenvalue weighted by Crippen LogP contribution is -2.40. The highest BCUT2D eigenvalue weighted by atomic mass is 15.2. The molecule has 1 fully saturated rings. The van der Waals surface area contributed by atoms with E-state index >= 15 is 0 Å². The van der Waals surface area contributed by atoms with E-state index in [1.54, 1.807) is 0 Å². The van der Waals surface area contributed by atoms with Crippen LogP contribution in [-0.2, 0) is 5.54 Å². The van der Waals surface area contributed by atoms with E-state index in [0.717, 1.165) is 19.5 Å². The second-order valence-electron chi connectivity index (χ2n) is 5.83. The predicted molar refractivity (Wildman–Crippen MR) is 83.4 cm³/mol. The van der Waals surface area contributed by atoms with Gasteiger partial charge in [0.15, 0.2) is 0 Å². The Morgan fingerprint density at radius 3 is 2.25 bits per heavy atom. The molecule has 2 aromatic carbocycles. The van der Waals surface area contributed by atoms with Crippen LogP contribution in [0.4, 0.5) is 0 Å². The molecule has 1 heterocycles. The molecule has 1 aliphatic rings. The van der Waals surface area contributed by atoms with Crippen LogP contribution in [0, 0.1) is 0 Å². The zero-order valence-corrected chi connectivity index (χ0v) is 12.0. The van der Waals surface area contributed by atoms with Crippen LogP contribution < -0.4 is 5.73 Å². The maximum Gasteiger partial charge on any atom is 0.0551 e. The third-order valence-electron chi connectivity index (χ3n) is 4.51. The van der Waals surface area contributed by atoms with Gasteiger partial charge in [0.2, 0.25) is 0 Å². The molecule has 2 aromatic rings. The molecule has 0 aromatic heterocycles. The Bertz CT molecular complexity index is 552. The molecule has 1 unspecified atom stereocenters. The van der Waals surface area contributed by atoms with E-state index in [0.29, 0.717) is 6.04 Å². The third-order valence-corrected chi connectivity index (χ3v) is 4.51. The average molecular weight is 266 g/mol. The molecular weight excluding hydrogens is 244 g/mol. The largest absolute Gasteiger partial charge is 0.320 e. The fraction of sp³-hybridized carbons (Fsp3) is 0.333. The molecule has 0 saturated carbocycles. The molecule has 0 radical (unpaired) electrons. The Balaban J connectivity index is 1.77. The first-order chi connectivity index (χ1) is 9.69. The highest BCUT2D eigenvalue weighted by Gasteiger charge is 2.37. The van der Waals surface area contributed by atoms with Gasteiger partial charge in [-0.3, -0.25) is 4.90 Å². The first-order valence-corrected chi connectivity index (χ1v) is 7.32. The van der Waals surface area contributed by atoms with Crippen LogP contribution in [0.2, 0.25) is 0 Å². The van der Waals surface area contributed by atoms with Crippen molar-refractivity contribution < 1.29 is 0 Å². The van der Waals surface area contributed by atoms with Crippen molar-refractivity contribution in [3.05, 3.63) is 71.8 Å². The van der Waals surface area contributed by atoms with E-state index in [4.69, 9.17) is 5.73 Å². The Hall–Kier alpha value is -1.64. The summed E-state index contributed by atoms with van der Waals surface area (Å²) in [4.78, 5) is 2.49. The topological polar surface area (TPSA) is 29.3 Å². The standard InChI is InChI=1S/C18H22N2/c1-15(16-8-4-2-5-9-16)20-13-12-18(19,14-20)17-10-6-3-7-11-17/h2-11,15H,12-14,19H2,1H3/t15-,18?/m1/s1. The van der Waals surface area contributed by atoms with Crippen molar-refractivity contribution in [2.45, 2.75) is 24.9 Å². The lowest BCUT2D eigenvalue weighted by molar-refractivity contribution is 0.245. The maximum absolute atomic E-state index is 6.64. The smallest absolute Gasteiger partial charge is 0.0551 e. The van der Waals surface area contributed by atoms with Crippen molar-refractivity contribution in [2.75, 3.05) is 13.1 Å². The van der Waals surface area contributed by atoms with Gasteiger partial charge in [-0.05, 0) is 24.5 Å². The third kappa shape index (κ3) is 2.49. The number of nitrogens with zero attached hydrogens (tertiary/aromatic N) is 1. The SMILES string of the molecule is C[C@H](c1ccccc1)N1CCC(N)(c2ccccc2)C1. The van der Waals surface area contributed by atoms with Crippen molar-refractivity contribution in [2.24, 2.45) is 5.73 Å². The predicted octanol–water partition coefficient (Wildman–Crippen LogP) is 3.31. The van der Waals surface area contributed by atoms with Crippen LogP contribution in [0.1, 0.15) is 30.5 Å². The normalized spacial score (nSPS) is 24.7. The first-order valence-electron chi connectivity index (χ1n) is 7.32. The van der Waals surface area contributed by atoms with Crippen molar-refractivity contribution in [3.8, 4) is 0 Å². The van der Waals surface area contributed by atoms with Crippen LogP contribution in [-0.4, -0.2) is 18.0 Å². The van der Waals surface area contributed by atoms with E-state index < -0.39 is 0 Å². The summed E-state index contributed by atoms with van der Waals surface area (Å²) in [6.45, 7) is 4.25. The van der Waals surface area contributed by atoms with Gasteiger partial charge in [0.1, 0.15) is 0 Å². The van der Waals surface area contributed by atoms with Crippen LogP contribution >= 0.6 is 0 Å². The minimum atomic E-state index is -0.204. The number of rotatable bonds is 3. The van der Waals surface area contributed by atoms with Crippen LogP contribution in [0.25, 0.3) is 0 Å². The summed E-state index contributed by atoms with van der Waals surface area (Å²) in [5.74, 6) is 0. The number of hydrogen-bond acceptors (Lipinski definition) is 2. The highest BCUT2D eigenvalue weighted by Crippen LogP contribution is 2.34. The summed E-state index contributed by atoms with van der Waals surface area (Å²) < 4.78 is 0. The zero-order valence-electron chi connectivity index (χ0n) is 12.0. The van der Waals surface area contributed by atoms with Crippen molar-refractivity contribution >= 4 is 0 Å². The molecule has 1 aliphatic heterocycles. The lowest BCUT2D eigenvalue weighted by Gasteiger charge is -2.28. The molecule has 3 rings (SSSR count). The monoisotopic (exact) mass is 266 g/mol. The Labute approximate surface area is 121 Å². The van der Waals surface area contributed by atoms with Crippen LogP contribution in [0.15, 0.2) is 60.7 Å². The number of hydrogen-bond donors (Lipinski definition) is 1. The van der Waals surface area contributed by atoms with E-state index in [9.17, 15) is 0 Å². The second kappa shape index (κ2) is 5.39. The van der Waals surface area contributed by atoms with Crippen LogP contribution in [0.3, 0.4) is 0 Å². The van der Waals surface area contributed by atoms with Gasteiger partial charge >= 0.3 is 0 Å². The maximum atomic E-state index is 6.64. The molecule has 0 aliphatic carbocycles. The second-order valence-corrected chi connectivity index (χ2v) is 5.83. The van der Waals surface area contributed by atoms with Gasteiger partial charge in [0.25, 0.3) is 0 Å². The highest BCUT2D eigenvalue weighted by molar-refractivity contribution is 5.27. The van der Waals surface area contributed by atoms with Crippen molar-refractivity contribution in [1.82, 2.24) is 4.90 Å². The lowest BCUT2D eigenvalue weighted by atomic mass is 9.90. The Morgan fingerprint density at radius 1 is 1.00 bits per heavy atom. The van der Waals surface area contributed by atoms with E-state index in [1.165, 1.54) is 11.1 Å². The number of likely N-dealkylation sites (tertiary alicyclic amines) is 1. The van der Waals surface area contributed by atoms with Crippen molar-refractivity contribution in [1.29, 1.82) is 0 Å². The fourth-order valence-corrected chi connectivity index (χ4v) is 3.14. The Morgan fingerprint density at radius 2 is 1.60 bits per heavy atom. The quantitative estimate of drug-likeness (QED) is 0.923. The minimum Gasteiger partial charge on any atom is -0.320 e. The summed E-state index contributed by atoms with van der Waals surface area (Å²) in [6.07, 6.45) is 1.02. The Kier molecular flexibility index (Phi) is 3.60. The molecule has 2 N–H and O–H groups in total. The summed E-state index contributed by atoms with van der Waals surface area (Å²) in [7, 11) is 0. The van der Waals surface area contributed by atoms with Gasteiger partial charge in [0, 0.05) is 19.1 Å². The molecule has 2 nitrogen and oxygen atoms in total. The molecule has 0 spiro atoms. The molecule has 1 saturated heterocycles. The van der Waals surface area contributed by atoms with Crippen molar-refractivity contribution in [3.63, 3.8) is 0 Å². The molecule has 2 heteroatoms. The van der Waals surface area contributed by atoms with Gasteiger partial charge in [-0.25, -0.2) is 0 Å². The zero-order chi connectivity index (χ0) is 14.0. The van der Waals surface area contributed by atoms with Gasteiger partial charge < -0.3 is 5.73 Å². The number of nitrogens with two attached hydrogens (primary N) is 1. The van der Waals surface area contributed by atoms with E-state index in [1.807, 2.05) is 6.07 Å². The van der Waals surface area contributed by atoms with E-state index in [2.05, 4.69) is 66.4 Å². The molecular formula is C18H22N2. The van der Waals surface area contributed by atoms with E-state index in [-0.39, 0.29) is 5.54 Å². The number of benzene rings is 2. The van der Waals surface area contributed by atoms with Gasteiger partial charge in [-0.15, -0.1) is 0 Å². The molecule has 20 heavy (non-hydrogen) atoms. The summed E-state index contributed by atoms with van der Waals surface area (Å²) in [5.41, 5.74) is 9.06. The van der Waals surface area contributed by atoms with Gasteiger partial charge in [0.05, 0.1) is 5.54 Å².